The predicted octanol–water partition coefficient (Wildman–Crippen LogP) is 1.40. The summed E-state index contributed by atoms with van der Waals surface area (Å²) in [6.07, 6.45) is 2.13. The summed E-state index contributed by atoms with van der Waals surface area (Å²) in [4.78, 5) is 14.2. The Labute approximate surface area is 108 Å². The van der Waals surface area contributed by atoms with E-state index in [9.17, 15) is 4.79 Å². The number of hydrogen-bond donors (Lipinski definition) is 1. The summed E-state index contributed by atoms with van der Waals surface area (Å²) in [6, 6.07) is 7.56. The molecule has 0 bridgehead atoms. The minimum Gasteiger partial charge on any atom is -0.381 e. The number of carbonyl (C=O) groups excluding carboxylic acids is 1. The number of hydrogen-bond acceptors (Lipinski definition) is 3. The summed E-state index contributed by atoms with van der Waals surface area (Å²) in [5, 5.41) is 0. The minimum atomic E-state index is 0.0971. The minimum absolute atomic E-state index is 0.0971. The molecular formula is C14H20N2O2. The van der Waals surface area contributed by atoms with Crippen molar-refractivity contribution >= 4 is 5.91 Å². The van der Waals surface area contributed by atoms with E-state index >= 15 is 0 Å². The molecule has 4 nitrogen and oxygen atoms in total. The molecule has 4 heteroatoms. The standard InChI is InChI=1S/C14H20N2O2/c1-18-13-5-7-16(8-6-13)14(17)12-4-2-3-11(9-12)10-15/h2-4,9,13H,5-8,10,15H2,1H3. The highest BCUT2D eigenvalue weighted by atomic mass is 16.5. The Morgan fingerprint density at radius 3 is 2.78 bits per heavy atom. The molecule has 1 aliphatic heterocycles. The van der Waals surface area contributed by atoms with Crippen molar-refractivity contribution in [3.63, 3.8) is 0 Å². The molecule has 1 aliphatic rings. The van der Waals surface area contributed by atoms with Crippen LogP contribution in [0, 0.1) is 0 Å². The lowest BCUT2D eigenvalue weighted by molar-refractivity contribution is 0.0350. The van der Waals surface area contributed by atoms with Crippen molar-refractivity contribution in [1.82, 2.24) is 4.90 Å². The molecule has 0 saturated carbocycles. The van der Waals surface area contributed by atoms with Crippen LogP contribution >= 0.6 is 0 Å². The van der Waals surface area contributed by atoms with Crippen molar-refractivity contribution in [1.29, 1.82) is 0 Å². The van der Waals surface area contributed by atoms with Crippen molar-refractivity contribution in [3.05, 3.63) is 35.4 Å². The number of ether oxygens (including phenoxy) is 1. The smallest absolute Gasteiger partial charge is 0.253 e. The third-order valence-electron chi connectivity index (χ3n) is 3.47. The van der Waals surface area contributed by atoms with E-state index in [2.05, 4.69) is 0 Å². The lowest BCUT2D eigenvalue weighted by Crippen LogP contribution is -2.40. The Bertz CT molecular complexity index is 412. The third kappa shape index (κ3) is 2.89. The molecule has 2 N–H and O–H groups in total. The Balaban J connectivity index is 2.03. The molecule has 0 unspecified atom stereocenters. The fraction of sp³-hybridized carbons (Fsp3) is 0.500. The highest BCUT2D eigenvalue weighted by Gasteiger charge is 2.23. The molecule has 1 amide bonds. The lowest BCUT2D eigenvalue weighted by atomic mass is 10.1. The highest BCUT2D eigenvalue weighted by molar-refractivity contribution is 5.94. The second kappa shape index (κ2) is 5.98. The maximum Gasteiger partial charge on any atom is 0.253 e. The Hall–Kier alpha value is -1.39. The van der Waals surface area contributed by atoms with Gasteiger partial charge in [0.2, 0.25) is 0 Å². The van der Waals surface area contributed by atoms with Crippen LogP contribution in [0.5, 0.6) is 0 Å². The SMILES string of the molecule is COC1CCN(C(=O)c2cccc(CN)c2)CC1. The quantitative estimate of drug-likeness (QED) is 0.879. The molecule has 98 valence electrons. The molecular weight excluding hydrogens is 228 g/mol. The molecule has 0 spiro atoms. The van der Waals surface area contributed by atoms with Gasteiger partial charge in [0.1, 0.15) is 0 Å². The molecule has 1 fully saturated rings. The first-order valence-corrected chi connectivity index (χ1v) is 6.35. The number of benzene rings is 1. The zero-order chi connectivity index (χ0) is 13.0. The van der Waals surface area contributed by atoms with Gasteiger partial charge in [-0.2, -0.15) is 0 Å². The Kier molecular flexibility index (Phi) is 4.33. The van der Waals surface area contributed by atoms with Gasteiger partial charge in [-0.25, -0.2) is 0 Å². The number of carbonyl (C=O) groups is 1. The number of piperidine rings is 1. The zero-order valence-electron chi connectivity index (χ0n) is 10.8. The van der Waals surface area contributed by atoms with Gasteiger partial charge in [-0.3, -0.25) is 4.79 Å². The number of nitrogens with zero attached hydrogens (tertiary/aromatic N) is 1. The second-order valence-corrected chi connectivity index (χ2v) is 4.63. The highest BCUT2D eigenvalue weighted by Crippen LogP contribution is 2.16. The fourth-order valence-corrected chi connectivity index (χ4v) is 2.31. The number of rotatable bonds is 3. The zero-order valence-corrected chi connectivity index (χ0v) is 10.8. The summed E-state index contributed by atoms with van der Waals surface area (Å²) in [5.41, 5.74) is 7.32. The van der Waals surface area contributed by atoms with E-state index < -0.39 is 0 Å². The van der Waals surface area contributed by atoms with Gasteiger partial charge in [-0.05, 0) is 30.5 Å². The van der Waals surface area contributed by atoms with Crippen LogP contribution in [-0.4, -0.2) is 37.1 Å². The lowest BCUT2D eigenvalue weighted by Gasteiger charge is -2.31. The van der Waals surface area contributed by atoms with Crippen molar-refractivity contribution < 1.29 is 9.53 Å². The summed E-state index contributed by atoms with van der Waals surface area (Å²) in [7, 11) is 1.73. The van der Waals surface area contributed by atoms with Crippen LogP contribution in [0.15, 0.2) is 24.3 Å². The summed E-state index contributed by atoms with van der Waals surface area (Å²) < 4.78 is 5.31. The average molecular weight is 248 g/mol. The van der Waals surface area contributed by atoms with E-state index in [1.807, 2.05) is 29.2 Å². The first-order chi connectivity index (χ1) is 8.74. The van der Waals surface area contributed by atoms with Crippen molar-refractivity contribution in [2.45, 2.75) is 25.5 Å². The van der Waals surface area contributed by atoms with Crippen LogP contribution in [0.1, 0.15) is 28.8 Å². The number of amides is 1. The molecule has 0 aliphatic carbocycles. The molecule has 0 radical (unpaired) electrons. The molecule has 0 atom stereocenters. The number of likely N-dealkylation sites (tertiary alicyclic amines) is 1. The van der Waals surface area contributed by atoms with Crippen LogP contribution in [-0.2, 0) is 11.3 Å². The second-order valence-electron chi connectivity index (χ2n) is 4.63. The van der Waals surface area contributed by atoms with Gasteiger partial charge < -0.3 is 15.4 Å². The van der Waals surface area contributed by atoms with E-state index in [0.29, 0.717) is 12.6 Å². The van der Waals surface area contributed by atoms with Crippen molar-refractivity contribution in [2.24, 2.45) is 5.73 Å². The first-order valence-electron chi connectivity index (χ1n) is 6.35. The van der Waals surface area contributed by atoms with Gasteiger partial charge in [-0.1, -0.05) is 12.1 Å². The summed E-state index contributed by atoms with van der Waals surface area (Å²) in [5.74, 6) is 0.0971. The van der Waals surface area contributed by atoms with E-state index in [1.165, 1.54) is 0 Å². The van der Waals surface area contributed by atoms with Gasteiger partial charge in [0.15, 0.2) is 0 Å². The first kappa shape index (κ1) is 13.1. The summed E-state index contributed by atoms with van der Waals surface area (Å²) >= 11 is 0. The molecule has 1 aromatic carbocycles. The molecule has 1 saturated heterocycles. The topological polar surface area (TPSA) is 55.6 Å². The van der Waals surface area contributed by atoms with Gasteiger partial charge >= 0.3 is 0 Å². The van der Waals surface area contributed by atoms with Gasteiger partial charge in [0.25, 0.3) is 5.91 Å². The van der Waals surface area contributed by atoms with Gasteiger partial charge in [0.05, 0.1) is 6.10 Å². The summed E-state index contributed by atoms with van der Waals surface area (Å²) in [6.45, 7) is 2.00. The van der Waals surface area contributed by atoms with Crippen LogP contribution in [0.2, 0.25) is 0 Å². The largest absolute Gasteiger partial charge is 0.381 e. The third-order valence-corrected chi connectivity index (χ3v) is 3.47. The van der Waals surface area contributed by atoms with Crippen molar-refractivity contribution in [3.8, 4) is 0 Å². The van der Waals surface area contributed by atoms with E-state index in [0.717, 1.165) is 37.1 Å². The van der Waals surface area contributed by atoms with Gasteiger partial charge in [0, 0.05) is 32.3 Å². The van der Waals surface area contributed by atoms with Crippen LogP contribution < -0.4 is 5.73 Å². The molecule has 1 heterocycles. The van der Waals surface area contributed by atoms with E-state index in [-0.39, 0.29) is 5.91 Å². The average Bonchev–Trinajstić information content (AvgIpc) is 2.46. The maximum absolute atomic E-state index is 12.3. The normalized spacial score (nSPS) is 16.9. The predicted molar refractivity (Wildman–Crippen MR) is 70.3 cm³/mol. The molecule has 18 heavy (non-hydrogen) atoms. The van der Waals surface area contributed by atoms with Gasteiger partial charge in [-0.15, -0.1) is 0 Å². The fourth-order valence-electron chi connectivity index (χ4n) is 2.31. The van der Waals surface area contributed by atoms with Crippen LogP contribution in [0.3, 0.4) is 0 Å². The van der Waals surface area contributed by atoms with E-state index in [1.54, 1.807) is 7.11 Å². The maximum atomic E-state index is 12.3. The molecule has 2 rings (SSSR count). The Morgan fingerprint density at radius 2 is 2.17 bits per heavy atom. The number of methoxy groups -OCH3 is 1. The van der Waals surface area contributed by atoms with E-state index in [4.69, 9.17) is 10.5 Å². The Morgan fingerprint density at radius 1 is 1.44 bits per heavy atom. The van der Waals surface area contributed by atoms with Crippen LogP contribution in [0.4, 0.5) is 0 Å². The molecule has 0 aromatic heterocycles. The van der Waals surface area contributed by atoms with Crippen LogP contribution in [0.25, 0.3) is 0 Å². The number of nitrogens with two attached hydrogens (primary N) is 1. The van der Waals surface area contributed by atoms with Crippen molar-refractivity contribution in [2.75, 3.05) is 20.2 Å². The molecule has 1 aromatic rings. The monoisotopic (exact) mass is 248 g/mol.